The molecule has 0 aliphatic carbocycles. The Balaban J connectivity index is 1.73. The lowest BCUT2D eigenvalue weighted by Crippen LogP contribution is -2.19. The van der Waals surface area contributed by atoms with Gasteiger partial charge in [0.1, 0.15) is 5.82 Å². The second-order valence-corrected chi connectivity index (χ2v) is 6.69. The lowest BCUT2D eigenvalue weighted by molar-refractivity contribution is 0.602. The van der Waals surface area contributed by atoms with Crippen molar-refractivity contribution in [3.05, 3.63) is 78.6 Å². The maximum atomic E-state index is 4.70. The first kappa shape index (κ1) is 16.3. The van der Waals surface area contributed by atoms with Crippen LogP contribution in [0.3, 0.4) is 0 Å². The summed E-state index contributed by atoms with van der Waals surface area (Å²) >= 11 is 0. The fraction of sp³-hybridized carbons (Fsp3) is 0.250. The summed E-state index contributed by atoms with van der Waals surface area (Å²) in [6, 6.07) is 14.5. The molecule has 0 aliphatic heterocycles. The van der Waals surface area contributed by atoms with Crippen LogP contribution in [0.2, 0.25) is 0 Å². The number of nitrogens with zero attached hydrogens (tertiary/aromatic N) is 5. The molecule has 0 saturated heterocycles. The lowest BCUT2D eigenvalue weighted by atomic mass is 10.1. The van der Waals surface area contributed by atoms with Gasteiger partial charge in [0, 0.05) is 36.8 Å². The highest BCUT2D eigenvalue weighted by atomic mass is 15.3. The van der Waals surface area contributed by atoms with Crippen LogP contribution in [0, 0.1) is 0 Å². The van der Waals surface area contributed by atoms with E-state index < -0.39 is 0 Å². The van der Waals surface area contributed by atoms with Gasteiger partial charge < -0.3 is 9.88 Å². The van der Waals surface area contributed by atoms with Crippen molar-refractivity contribution in [3.63, 3.8) is 0 Å². The summed E-state index contributed by atoms with van der Waals surface area (Å²) in [6.07, 6.45) is 7.41. The zero-order valence-corrected chi connectivity index (χ0v) is 14.9. The Labute approximate surface area is 152 Å². The first-order chi connectivity index (χ1) is 12.7. The Bertz CT molecular complexity index is 972. The predicted octanol–water partition coefficient (Wildman–Crippen LogP) is 3.90. The van der Waals surface area contributed by atoms with Gasteiger partial charge in [0.05, 0.1) is 18.6 Å². The van der Waals surface area contributed by atoms with Gasteiger partial charge in [-0.1, -0.05) is 44.2 Å². The molecule has 0 spiro atoms. The van der Waals surface area contributed by atoms with Crippen molar-refractivity contribution < 1.29 is 0 Å². The number of imidazole rings is 1. The van der Waals surface area contributed by atoms with Crippen LogP contribution in [0.5, 0.6) is 0 Å². The molecule has 132 valence electrons. The van der Waals surface area contributed by atoms with E-state index in [1.807, 2.05) is 29.2 Å². The summed E-state index contributed by atoms with van der Waals surface area (Å²) in [5.41, 5.74) is 3.12. The van der Waals surface area contributed by atoms with Gasteiger partial charge in [0.25, 0.3) is 0 Å². The maximum absolute atomic E-state index is 4.70. The van der Waals surface area contributed by atoms with E-state index in [9.17, 15) is 0 Å². The zero-order valence-electron chi connectivity index (χ0n) is 14.9. The molecule has 1 N–H and O–H groups in total. The molecule has 0 bridgehead atoms. The summed E-state index contributed by atoms with van der Waals surface area (Å²) in [5, 5.41) is 8.11. The van der Waals surface area contributed by atoms with Gasteiger partial charge in [0.2, 0.25) is 0 Å². The van der Waals surface area contributed by atoms with Crippen LogP contribution in [0.25, 0.3) is 5.65 Å². The number of benzene rings is 1. The van der Waals surface area contributed by atoms with E-state index in [0.717, 1.165) is 23.7 Å². The highest BCUT2D eigenvalue weighted by molar-refractivity contribution is 5.50. The van der Waals surface area contributed by atoms with Crippen LogP contribution in [-0.4, -0.2) is 24.1 Å². The van der Waals surface area contributed by atoms with Crippen molar-refractivity contribution in [2.45, 2.75) is 32.4 Å². The molecule has 1 aromatic carbocycles. The molecule has 4 aromatic rings. The van der Waals surface area contributed by atoms with E-state index in [1.54, 1.807) is 12.4 Å². The molecule has 6 heteroatoms. The summed E-state index contributed by atoms with van der Waals surface area (Å²) in [4.78, 5) is 8.86. The van der Waals surface area contributed by atoms with Crippen LogP contribution in [0.4, 0.5) is 5.82 Å². The number of nitrogens with one attached hydrogen (secondary N) is 1. The Kier molecular flexibility index (Phi) is 4.39. The van der Waals surface area contributed by atoms with Crippen LogP contribution in [0.1, 0.15) is 37.1 Å². The van der Waals surface area contributed by atoms with E-state index in [0.29, 0.717) is 5.92 Å². The minimum Gasteiger partial charge on any atom is -0.361 e. The number of anilines is 1. The minimum atomic E-state index is 0.0835. The van der Waals surface area contributed by atoms with Crippen LogP contribution < -0.4 is 5.32 Å². The fourth-order valence-corrected chi connectivity index (χ4v) is 3.03. The van der Waals surface area contributed by atoms with Crippen molar-refractivity contribution in [2.24, 2.45) is 0 Å². The topological polar surface area (TPSA) is 60.0 Å². The molecule has 0 saturated carbocycles. The summed E-state index contributed by atoms with van der Waals surface area (Å²) < 4.78 is 3.94. The average Bonchev–Trinajstić information content (AvgIpc) is 3.33. The zero-order chi connectivity index (χ0) is 17.9. The number of fused-ring (bicyclic) bond motifs is 1. The van der Waals surface area contributed by atoms with Gasteiger partial charge in [-0.2, -0.15) is 9.61 Å². The van der Waals surface area contributed by atoms with Crippen molar-refractivity contribution in [2.75, 3.05) is 5.32 Å². The van der Waals surface area contributed by atoms with E-state index in [2.05, 4.69) is 64.1 Å². The van der Waals surface area contributed by atoms with E-state index in [-0.39, 0.29) is 6.04 Å². The fourth-order valence-electron chi connectivity index (χ4n) is 3.03. The molecule has 0 radical (unpaired) electrons. The third-order valence-electron chi connectivity index (χ3n) is 4.45. The van der Waals surface area contributed by atoms with E-state index in [4.69, 9.17) is 4.98 Å². The minimum absolute atomic E-state index is 0.0835. The van der Waals surface area contributed by atoms with Crippen molar-refractivity contribution in [1.82, 2.24) is 24.1 Å². The molecular weight excluding hydrogens is 324 g/mol. The largest absolute Gasteiger partial charge is 0.361 e. The second kappa shape index (κ2) is 7.00. The average molecular weight is 346 g/mol. The number of hydrogen-bond acceptors (Lipinski definition) is 4. The van der Waals surface area contributed by atoms with E-state index >= 15 is 0 Å². The van der Waals surface area contributed by atoms with Gasteiger partial charge in [-0.15, -0.1) is 0 Å². The molecule has 0 amide bonds. The van der Waals surface area contributed by atoms with Gasteiger partial charge in [-0.3, -0.25) is 0 Å². The first-order valence-corrected chi connectivity index (χ1v) is 8.82. The monoisotopic (exact) mass is 346 g/mol. The Morgan fingerprint density at radius 3 is 2.65 bits per heavy atom. The summed E-state index contributed by atoms with van der Waals surface area (Å²) in [7, 11) is 0. The van der Waals surface area contributed by atoms with Gasteiger partial charge in [-0.25, -0.2) is 9.97 Å². The Morgan fingerprint density at radius 1 is 1.08 bits per heavy atom. The van der Waals surface area contributed by atoms with Crippen LogP contribution in [0.15, 0.2) is 67.4 Å². The molecule has 26 heavy (non-hydrogen) atoms. The Morgan fingerprint density at radius 2 is 1.92 bits per heavy atom. The highest BCUT2D eigenvalue weighted by Gasteiger charge is 2.16. The number of hydrogen-bond donors (Lipinski definition) is 1. The Hall–Kier alpha value is -3.15. The van der Waals surface area contributed by atoms with Crippen molar-refractivity contribution >= 4 is 11.5 Å². The molecule has 4 rings (SSSR count). The normalized spacial score (nSPS) is 12.6. The standard InChI is InChI=1S/C20H22N6/c1-15(2)17-12-20(26-19(23-17)8-9-22-26)24-18(13-25-11-10-21-14-25)16-6-4-3-5-7-16/h3-12,14-15,18,24H,13H2,1-2H3/t18-/m1/s1. The highest BCUT2D eigenvalue weighted by Crippen LogP contribution is 2.24. The lowest BCUT2D eigenvalue weighted by Gasteiger charge is -2.22. The van der Waals surface area contributed by atoms with Gasteiger partial charge >= 0.3 is 0 Å². The maximum Gasteiger partial charge on any atom is 0.157 e. The van der Waals surface area contributed by atoms with Crippen LogP contribution in [-0.2, 0) is 6.54 Å². The summed E-state index contributed by atoms with van der Waals surface area (Å²) in [6.45, 7) is 5.07. The predicted molar refractivity (Wildman–Crippen MR) is 102 cm³/mol. The molecule has 1 atom stereocenters. The quantitative estimate of drug-likeness (QED) is 0.575. The van der Waals surface area contributed by atoms with E-state index in [1.165, 1.54) is 5.56 Å². The summed E-state index contributed by atoms with van der Waals surface area (Å²) in [5.74, 6) is 1.29. The smallest absolute Gasteiger partial charge is 0.157 e. The molecule has 0 aliphatic rings. The molecule has 6 nitrogen and oxygen atoms in total. The third kappa shape index (κ3) is 3.31. The number of rotatable bonds is 6. The molecule has 0 unspecified atom stereocenters. The molecule has 0 fully saturated rings. The van der Waals surface area contributed by atoms with Crippen molar-refractivity contribution in [1.29, 1.82) is 0 Å². The molecule has 3 heterocycles. The van der Waals surface area contributed by atoms with Crippen LogP contribution >= 0.6 is 0 Å². The van der Waals surface area contributed by atoms with Gasteiger partial charge in [0.15, 0.2) is 5.65 Å². The van der Waals surface area contributed by atoms with Crippen molar-refractivity contribution in [3.8, 4) is 0 Å². The third-order valence-corrected chi connectivity index (χ3v) is 4.45. The second-order valence-electron chi connectivity index (χ2n) is 6.69. The first-order valence-electron chi connectivity index (χ1n) is 8.82. The van der Waals surface area contributed by atoms with Gasteiger partial charge in [-0.05, 0) is 11.5 Å². The SMILES string of the molecule is CC(C)c1cc(N[C@H](Cn2ccnc2)c2ccccc2)n2nccc2n1. The molecule has 3 aromatic heterocycles. The number of aromatic nitrogens is 5. The molecular formula is C20H22N6.